The van der Waals surface area contributed by atoms with E-state index in [0.29, 0.717) is 29.6 Å². The molecule has 3 heterocycles. The molecule has 3 rings (SSSR count). The number of aromatic nitrogens is 2. The molecule has 1 atom stereocenters. The van der Waals surface area contributed by atoms with E-state index >= 15 is 0 Å². The third-order valence-electron chi connectivity index (χ3n) is 3.88. The Hall–Kier alpha value is -2.22. The minimum Gasteiger partial charge on any atom is -0.481 e. The number of rotatable bonds is 3. The number of carbonyl (C=O) groups is 2. The molecule has 0 aromatic carbocycles. The average Bonchev–Trinajstić information content (AvgIpc) is 2.99. The molecule has 0 radical (unpaired) electrons. The summed E-state index contributed by atoms with van der Waals surface area (Å²) in [6, 6.07) is 1.69. The van der Waals surface area contributed by atoms with Crippen molar-refractivity contribution < 1.29 is 14.7 Å². The zero-order chi connectivity index (χ0) is 15.7. The van der Waals surface area contributed by atoms with Crippen LogP contribution in [0.1, 0.15) is 12.8 Å². The highest BCUT2D eigenvalue weighted by Crippen LogP contribution is 2.17. The van der Waals surface area contributed by atoms with Gasteiger partial charge in [-0.1, -0.05) is 0 Å². The molecule has 1 saturated heterocycles. The van der Waals surface area contributed by atoms with Crippen LogP contribution in [-0.2, 0) is 16.1 Å². The van der Waals surface area contributed by atoms with Crippen molar-refractivity contribution in [1.29, 1.82) is 0 Å². The third kappa shape index (κ3) is 2.74. The van der Waals surface area contributed by atoms with Crippen molar-refractivity contribution in [2.24, 2.45) is 5.92 Å². The van der Waals surface area contributed by atoms with Crippen molar-refractivity contribution in [3.05, 3.63) is 28.1 Å². The number of carbonyl (C=O) groups excluding carboxylic acids is 1. The van der Waals surface area contributed by atoms with Crippen LogP contribution >= 0.6 is 11.3 Å². The van der Waals surface area contributed by atoms with E-state index < -0.39 is 11.9 Å². The first kappa shape index (κ1) is 14.7. The predicted octanol–water partition coefficient (Wildman–Crippen LogP) is 0.781. The summed E-state index contributed by atoms with van der Waals surface area (Å²) in [5.74, 6) is -1.65. The zero-order valence-electron chi connectivity index (χ0n) is 11.8. The van der Waals surface area contributed by atoms with Gasteiger partial charge in [-0.25, -0.2) is 4.98 Å². The van der Waals surface area contributed by atoms with Gasteiger partial charge >= 0.3 is 5.97 Å². The molecule has 0 aliphatic carbocycles. The number of carboxylic acid groups (broad SMARTS) is 1. The molecule has 1 aliphatic heterocycles. The highest BCUT2D eigenvalue weighted by molar-refractivity contribution is 7.16. The van der Waals surface area contributed by atoms with Gasteiger partial charge in [-0.2, -0.15) is 0 Å². The predicted molar refractivity (Wildman–Crippen MR) is 80.8 cm³/mol. The van der Waals surface area contributed by atoms with E-state index in [0.717, 1.165) is 0 Å². The number of carboxylic acids is 1. The van der Waals surface area contributed by atoms with Crippen molar-refractivity contribution in [2.45, 2.75) is 19.4 Å². The number of piperidine rings is 1. The average molecular weight is 321 g/mol. The standard InChI is InChI=1S/C14H15N3O4S/c18-11(16-4-1-2-9(6-16)14(20)21)7-17-8-15-12-10(13(17)19)3-5-22-12/h3,5,8-9H,1-2,4,6-7H2,(H,20,21)/t9-/m0/s1. The molecular formula is C14H15N3O4S. The second-order valence-electron chi connectivity index (χ2n) is 5.33. The van der Waals surface area contributed by atoms with E-state index in [9.17, 15) is 14.4 Å². The Labute approximate surface area is 129 Å². The fraction of sp³-hybridized carbons (Fsp3) is 0.429. The van der Waals surface area contributed by atoms with Crippen molar-refractivity contribution in [3.8, 4) is 0 Å². The summed E-state index contributed by atoms with van der Waals surface area (Å²) in [5, 5.41) is 11.4. The zero-order valence-corrected chi connectivity index (χ0v) is 12.6. The minimum atomic E-state index is -0.879. The van der Waals surface area contributed by atoms with Gasteiger partial charge in [-0.3, -0.25) is 19.0 Å². The SMILES string of the molecule is O=C(O)[C@H]1CCCN(C(=O)Cn2cnc3sccc3c2=O)C1. The molecule has 2 aromatic heterocycles. The largest absolute Gasteiger partial charge is 0.481 e. The first-order valence-corrected chi connectivity index (χ1v) is 7.87. The van der Waals surface area contributed by atoms with Gasteiger partial charge in [0.25, 0.3) is 5.56 Å². The lowest BCUT2D eigenvalue weighted by atomic mass is 9.98. The maximum absolute atomic E-state index is 12.3. The summed E-state index contributed by atoms with van der Waals surface area (Å²) >= 11 is 1.38. The Morgan fingerprint density at radius 2 is 2.27 bits per heavy atom. The fourth-order valence-electron chi connectivity index (χ4n) is 2.66. The van der Waals surface area contributed by atoms with Gasteiger partial charge in [0.1, 0.15) is 11.4 Å². The highest BCUT2D eigenvalue weighted by atomic mass is 32.1. The molecule has 116 valence electrons. The molecule has 0 spiro atoms. The van der Waals surface area contributed by atoms with Gasteiger partial charge in [-0.15, -0.1) is 11.3 Å². The summed E-state index contributed by atoms with van der Waals surface area (Å²) < 4.78 is 1.28. The molecular weight excluding hydrogens is 306 g/mol. The number of hydrogen-bond donors (Lipinski definition) is 1. The van der Waals surface area contributed by atoms with Crippen LogP contribution in [0.25, 0.3) is 10.2 Å². The van der Waals surface area contributed by atoms with Gasteiger partial charge < -0.3 is 10.0 Å². The van der Waals surface area contributed by atoms with E-state index in [1.165, 1.54) is 27.1 Å². The summed E-state index contributed by atoms with van der Waals surface area (Å²) in [7, 11) is 0. The van der Waals surface area contributed by atoms with Crippen LogP contribution in [0.4, 0.5) is 0 Å². The molecule has 0 saturated carbocycles. The first-order chi connectivity index (χ1) is 10.6. The molecule has 22 heavy (non-hydrogen) atoms. The Morgan fingerprint density at radius 1 is 1.45 bits per heavy atom. The van der Waals surface area contributed by atoms with Crippen LogP contribution in [0, 0.1) is 5.92 Å². The molecule has 0 bridgehead atoms. The van der Waals surface area contributed by atoms with Crippen molar-refractivity contribution in [3.63, 3.8) is 0 Å². The van der Waals surface area contributed by atoms with E-state index in [-0.39, 0.29) is 24.6 Å². The molecule has 2 aromatic rings. The monoisotopic (exact) mass is 321 g/mol. The van der Waals surface area contributed by atoms with E-state index in [1.807, 2.05) is 0 Å². The van der Waals surface area contributed by atoms with Crippen molar-refractivity contribution in [1.82, 2.24) is 14.5 Å². The Balaban J connectivity index is 1.76. The highest BCUT2D eigenvalue weighted by Gasteiger charge is 2.28. The number of thiophene rings is 1. The van der Waals surface area contributed by atoms with Crippen LogP contribution in [0.3, 0.4) is 0 Å². The van der Waals surface area contributed by atoms with Crippen molar-refractivity contribution in [2.75, 3.05) is 13.1 Å². The van der Waals surface area contributed by atoms with Crippen LogP contribution in [0.15, 0.2) is 22.6 Å². The molecule has 1 aliphatic rings. The lowest BCUT2D eigenvalue weighted by Crippen LogP contribution is -2.44. The minimum absolute atomic E-state index is 0.107. The summed E-state index contributed by atoms with van der Waals surface area (Å²) in [4.78, 5) is 41.9. The van der Waals surface area contributed by atoms with E-state index in [4.69, 9.17) is 5.11 Å². The van der Waals surface area contributed by atoms with Gasteiger partial charge in [-0.05, 0) is 24.3 Å². The van der Waals surface area contributed by atoms with E-state index in [1.54, 1.807) is 11.4 Å². The topological polar surface area (TPSA) is 92.5 Å². The van der Waals surface area contributed by atoms with Crippen LogP contribution < -0.4 is 5.56 Å². The number of nitrogens with zero attached hydrogens (tertiary/aromatic N) is 3. The molecule has 7 nitrogen and oxygen atoms in total. The number of aliphatic carboxylic acids is 1. The van der Waals surface area contributed by atoms with Crippen LogP contribution in [0.5, 0.6) is 0 Å². The third-order valence-corrected chi connectivity index (χ3v) is 4.70. The van der Waals surface area contributed by atoms with Gasteiger partial charge in [0.05, 0.1) is 17.6 Å². The Morgan fingerprint density at radius 3 is 3.05 bits per heavy atom. The maximum atomic E-state index is 12.3. The van der Waals surface area contributed by atoms with Crippen LogP contribution in [-0.4, -0.2) is 44.5 Å². The molecule has 1 fully saturated rings. The smallest absolute Gasteiger partial charge is 0.308 e. The lowest BCUT2D eigenvalue weighted by molar-refractivity contribution is -0.145. The number of fused-ring (bicyclic) bond motifs is 1. The lowest BCUT2D eigenvalue weighted by Gasteiger charge is -2.30. The van der Waals surface area contributed by atoms with Gasteiger partial charge in [0, 0.05) is 13.1 Å². The van der Waals surface area contributed by atoms with Gasteiger partial charge in [0.2, 0.25) is 5.91 Å². The van der Waals surface area contributed by atoms with Crippen molar-refractivity contribution >= 4 is 33.4 Å². The van der Waals surface area contributed by atoms with Crippen LogP contribution in [0.2, 0.25) is 0 Å². The molecule has 0 unspecified atom stereocenters. The summed E-state index contributed by atoms with van der Waals surface area (Å²) in [6.07, 6.45) is 2.62. The van der Waals surface area contributed by atoms with E-state index in [2.05, 4.69) is 4.98 Å². The summed E-state index contributed by atoms with van der Waals surface area (Å²) in [6.45, 7) is 0.631. The quantitative estimate of drug-likeness (QED) is 0.902. The number of amides is 1. The fourth-order valence-corrected chi connectivity index (χ4v) is 3.38. The summed E-state index contributed by atoms with van der Waals surface area (Å²) in [5.41, 5.74) is -0.244. The molecule has 1 N–H and O–H groups in total. The first-order valence-electron chi connectivity index (χ1n) is 6.99. The Kier molecular flexibility index (Phi) is 3.93. The molecule has 8 heteroatoms. The normalized spacial score (nSPS) is 18.5. The van der Waals surface area contributed by atoms with Gasteiger partial charge in [0.15, 0.2) is 0 Å². The molecule has 1 amide bonds. The maximum Gasteiger partial charge on any atom is 0.308 e. The number of likely N-dealkylation sites (tertiary alicyclic amines) is 1. The second kappa shape index (κ2) is 5.88. The second-order valence-corrected chi connectivity index (χ2v) is 6.23. The number of hydrogen-bond acceptors (Lipinski definition) is 5. The Bertz CT molecular complexity index is 782.